The van der Waals surface area contributed by atoms with E-state index in [9.17, 15) is 9.59 Å². The van der Waals surface area contributed by atoms with Crippen LogP contribution in [0.4, 0.5) is 5.82 Å². The minimum absolute atomic E-state index is 0.0390. The van der Waals surface area contributed by atoms with Gasteiger partial charge in [0.1, 0.15) is 5.82 Å². The number of nitrogens with zero attached hydrogens (tertiary/aromatic N) is 2. The topological polar surface area (TPSA) is 79.8 Å². The molecule has 1 unspecified atom stereocenters. The molecule has 2 aliphatic rings. The van der Waals surface area contributed by atoms with Crippen LogP contribution in [0.25, 0.3) is 0 Å². The van der Waals surface area contributed by atoms with Gasteiger partial charge in [-0.25, -0.2) is 0 Å². The Labute approximate surface area is 133 Å². The second kappa shape index (κ2) is 5.68. The highest BCUT2D eigenvalue weighted by molar-refractivity contribution is 5.94. The van der Waals surface area contributed by atoms with E-state index < -0.39 is 0 Å². The molecule has 2 aromatic heterocycles. The van der Waals surface area contributed by atoms with Crippen LogP contribution in [0.2, 0.25) is 0 Å². The molecule has 0 radical (unpaired) electrons. The Morgan fingerprint density at radius 1 is 1.09 bits per heavy atom. The number of amides is 1. The largest absolute Gasteiger partial charge is 0.311 e. The summed E-state index contributed by atoms with van der Waals surface area (Å²) in [4.78, 5) is 28.8. The molecule has 3 heterocycles. The molecule has 120 valence electrons. The third-order valence-electron chi connectivity index (χ3n) is 5.01. The number of H-pyrrole nitrogens is 1. The van der Waals surface area contributed by atoms with Crippen LogP contribution >= 0.6 is 0 Å². The normalized spacial score (nSPS) is 21.7. The van der Waals surface area contributed by atoms with E-state index in [1.54, 1.807) is 12.4 Å². The number of rotatable bonds is 2. The standard InChI is InChI=1S/C17H20N4O2/c22-14-10-13(11-6-8-18-9-7-11)15-16(19-14)21(20-17(15)23)12-4-2-1-3-5-12/h6-9,12-13H,1-5,10H2,(H,19,22)(H,20,23). The number of carbonyl (C=O) groups excluding carboxylic acids is 1. The smallest absolute Gasteiger partial charge is 0.270 e. The Hall–Kier alpha value is -2.37. The SMILES string of the molecule is O=C1CC(c2ccncc2)c2c(n(C3CCCCC3)[nH]c2=O)N1. The molecular formula is C17H20N4O2. The van der Waals surface area contributed by atoms with Crippen LogP contribution in [0.5, 0.6) is 0 Å². The summed E-state index contributed by atoms with van der Waals surface area (Å²) in [5.41, 5.74) is 1.55. The van der Waals surface area contributed by atoms with E-state index in [0.717, 1.165) is 18.4 Å². The minimum atomic E-state index is -0.199. The van der Waals surface area contributed by atoms with Crippen molar-refractivity contribution in [3.05, 3.63) is 46.0 Å². The first-order valence-corrected chi connectivity index (χ1v) is 8.28. The predicted molar refractivity (Wildman–Crippen MR) is 86.5 cm³/mol. The fraction of sp³-hybridized carbons (Fsp3) is 0.471. The maximum atomic E-state index is 12.6. The predicted octanol–water partition coefficient (Wildman–Crippen LogP) is 2.55. The van der Waals surface area contributed by atoms with Gasteiger partial charge in [0, 0.05) is 24.7 Å². The van der Waals surface area contributed by atoms with E-state index in [4.69, 9.17) is 0 Å². The van der Waals surface area contributed by atoms with E-state index in [2.05, 4.69) is 15.4 Å². The molecule has 1 fully saturated rings. The highest BCUT2D eigenvalue weighted by Crippen LogP contribution is 2.38. The molecule has 1 aliphatic carbocycles. The molecule has 1 saturated carbocycles. The molecule has 0 aromatic carbocycles. The van der Waals surface area contributed by atoms with Crippen molar-refractivity contribution in [3.63, 3.8) is 0 Å². The summed E-state index contributed by atoms with van der Waals surface area (Å²) in [6.45, 7) is 0. The van der Waals surface area contributed by atoms with Crippen LogP contribution < -0.4 is 10.9 Å². The lowest BCUT2D eigenvalue weighted by Crippen LogP contribution is -2.27. The van der Waals surface area contributed by atoms with Crippen LogP contribution in [0.15, 0.2) is 29.3 Å². The van der Waals surface area contributed by atoms with Crippen molar-refractivity contribution in [2.24, 2.45) is 0 Å². The molecule has 2 N–H and O–H groups in total. The summed E-state index contributed by atoms with van der Waals surface area (Å²) in [6.07, 6.45) is 9.38. The van der Waals surface area contributed by atoms with Crippen molar-refractivity contribution >= 4 is 11.7 Å². The number of fused-ring (bicyclic) bond motifs is 1. The third kappa shape index (κ3) is 2.48. The van der Waals surface area contributed by atoms with Gasteiger partial charge in [-0.1, -0.05) is 19.3 Å². The zero-order valence-electron chi connectivity index (χ0n) is 12.9. The molecule has 23 heavy (non-hydrogen) atoms. The number of carbonyl (C=O) groups is 1. The summed E-state index contributed by atoms with van der Waals surface area (Å²) in [5.74, 6) is 0.429. The Balaban J connectivity index is 1.80. The first-order valence-electron chi connectivity index (χ1n) is 8.28. The van der Waals surface area contributed by atoms with Gasteiger partial charge in [-0.05, 0) is 30.5 Å². The molecule has 1 aliphatic heterocycles. The van der Waals surface area contributed by atoms with Gasteiger partial charge in [0.2, 0.25) is 5.91 Å². The fourth-order valence-corrected chi connectivity index (χ4v) is 3.88. The molecular weight excluding hydrogens is 292 g/mol. The van der Waals surface area contributed by atoms with Crippen LogP contribution in [0, 0.1) is 0 Å². The highest BCUT2D eigenvalue weighted by Gasteiger charge is 2.34. The number of nitrogens with one attached hydrogen (secondary N) is 2. The van der Waals surface area contributed by atoms with E-state index in [-0.39, 0.29) is 23.4 Å². The Morgan fingerprint density at radius 3 is 2.57 bits per heavy atom. The zero-order chi connectivity index (χ0) is 15.8. The molecule has 2 aromatic rings. The van der Waals surface area contributed by atoms with Crippen molar-refractivity contribution in [2.45, 2.75) is 50.5 Å². The van der Waals surface area contributed by atoms with Crippen molar-refractivity contribution in [1.82, 2.24) is 14.8 Å². The number of hydrogen-bond acceptors (Lipinski definition) is 3. The van der Waals surface area contributed by atoms with Crippen LogP contribution in [0.3, 0.4) is 0 Å². The van der Waals surface area contributed by atoms with E-state index in [0.29, 0.717) is 17.8 Å². The number of pyridine rings is 1. The molecule has 0 bridgehead atoms. The van der Waals surface area contributed by atoms with Crippen molar-refractivity contribution in [2.75, 3.05) is 5.32 Å². The maximum Gasteiger partial charge on any atom is 0.270 e. The van der Waals surface area contributed by atoms with E-state index >= 15 is 0 Å². The molecule has 6 nitrogen and oxygen atoms in total. The van der Waals surface area contributed by atoms with Crippen molar-refractivity contribution < 1.29 is 4.79 Å². The lowest BCUT2D eigenvalue weighted by molar-refractivity contribution is -0.116. The lowest BCUT2D eigenvalue weighted by Gasteiger charge is -2.28. The van der Waals surface area contributed by atoms with Crippen molar-refractivity contribution in [3.8, 4) is 0 Å². The number of hydrogen-bond donors (Lipinski definition) is 2. The molecule has 1 amide bonds. The van der Waals surface area contributed by atoms with Gasteiger partial charge in [-0.3, -0.25) is 24.4 Å². The monoisotopic (exact) mass is 312 g/mol. The molecule has 4 rings (SSSR count). The summed E-state index contributed by atoms with van der Waals surface area (Å²) in [7, 11) is 0. The summed E-state index contributed by atoms with van der Waals surface area (Å²) in [6, 6.07) is 4.03. The second-order valence-electron chi connectivity index (χ2n) is 6.45. The van der Waals surface area contributed by atoms with Gasteiger partial charge in [-0.15, -0.1) is 0 Å². The number of aromatic amines is 1. The Kier molecular flexibility index (Phi) is 3.52. The van der Waals surface area contributed by atoms with Gasteiger partial charge in [0.15, 0.2) is 0 Å². The summed E-state index contributed by atoms with van der Waals surface area (Å²) < 4.78 is 1.90. The fourth-order valence-electron chi connectivity index (χ4n) is 3.88. The Bertz CT molecular complexity index is 772. The molecule has 0 saturated heterocycles. The van der Waals surface area contributed by atoms with Gasteiger partial charge >= 0.3 is 0 Å². The third-order valence-corrected chi connectivity index (χ3v) is 5.01. The van der Waals surface area contributed by atoms with Crippen molar-refractivity contribution in [1.29, 1.82) is 0 Å². The highest BCUT2D eigenvalue weighted by atomic mass is 16.2. The molecule has 1 atom stereocenters. The number of aromatic nitrogens is 3. The summed E-state index contributed by atoms with van der Waals surface area (Å²) >= 11 is 0. The van der Waals surface area contributed by atoms with Gasteiger partial charge < -0.3 is 5.32 Å². The van der Waals surface area contributed by atoms with E-state index in [1.807, 2.05) is 16.8 Å². The molecule has 6 heteroatoms. The van der Waals surface area contributed by atoms with Gasteiger partial charge in [0.25, 0.3) is 5.56 Å². The second-order valence-corrected chi connectivity index (χ2v) is 6.45. The number of anilines is 1. The van der Waals surface area contributed by atoms with E-state index in [1.165, 1.54) is 19.3 Å². The first-order chi connectivity index (χ1) is 11.2. The minimum Gasteiger partial charge on any atom is -0.311 e. The first kappa shape index (κ1) is 14.2. The quantitative estimate of drug-likeness (QED) is 0.894. The average Bonchev–Trinajstić information content (AvgIpc) is 2.92. The van der Waals surface area contributed by atoms with Gasteiger partial charge in [-0.2, -0.15) is 0 Å². The lowest BCUT2D eigenvalue weighted by atomic mass is 9.87. The maximum absolute atomic E-state index is 12.6. The average molecular weight is 312 g/mol. The van der Waals surface area contributed by atoms with Crippen LogP contribution in [-0.4, -0.2) is 20.7 Å². The molecule has 0 spiro atoms. The zero-order valence-corrected chi connectivity index (χ0v) is 12.9. The van der Waals surface area contributed by atoms with Crippen LogP contribution in [-0.2, 0) is 4.79 Å². The summed E-state index contributed by atoms with van der Waals surface area (Å²) in [5, 5.41) is 5.90. The Morgan fingerprint density at radius 2 is 1.83 bits per heavy atom. The van der Waals surface area contributed by atoms with Gasteiger partial charge in [0.05, 0.1) is 11.6 Å². The van der Waals surface area contributed by atoms with Crippen LogP contribution in [0.1, 0.15) is 61.6 Å².